The standard InChI is InChI=1S/C19H32N4O6S2/c1-9-14-13(10(2)24)17(25)23(14)15(18(26)27)16(9)30-12-6-11(20-8-12)7-21-31(28,29)22-19(3,4)5/h9-14,20-22,24H,6-8H2,1-5H3,(H,26,27)/t9-,10-,11+,12+,13-,14-/m1/s1. The van der Waals surface area contributed by atoms with Gasteiger partial charge in [-0.15, -0.1) is 11.8 Å². The maximum absolute atomic E-state index is 12.4. The second kappa shape index (κ2) is 8.64. The molecule has 0 aromatic rings. The highest BCUT2D eigenvalue weighted by atomic mass is 32.2. The fourth-order valence-corrected chi connectivity index (χ4v) is 7.35. The van der Waals surface area contributed by atoms with Gasteiger partial charge in [0.15, 0.2) is 0 Å². The van der Waals surface area contributed by atoms with Crippen molar-refractivity contribution in [1.82, 2.24) is 19.7 Å². The van der Waals surface area contributed by atoms with Crippen molar-refractivity contribution in [2.75, 3.05) is 13.1 Å². The van der Waals surface area contributed by atoms with Crippen LogP contribution < -0.4 is 14.8 Å². The van der Waals surface area contributed by atoms with Gasteiger partial charge in [-0.2, -0.15) is 13.1 Å². The Kier molecular flexibility index (Phi) is 6.82. The van der Waals surface area contributed by atoms with Crippen LogP contribution in [0.4, 0.5) is 0 Å². The van der Waals surface area contributed by atoms with Crippen LogP contribution in [-0.4, -0.2) is 77.5 Å². The Labute approximate surface area is 187 Å². The summed E-state index contributed by atoms with van der Waals surface area (Å²) < 4.78 is 29.4. The molecule has 3 rings (SSSR count). The Balaban J connectivity index is 1.63. The number of thioether (sulfide) groups is 1. The van der Waals surface area contributed by atoms with E-state index in [1.807, 2.05) is 6.92 Å². The summed E-state index contributed by atoms with van der Waals surface area (Å²) in [6, 6.07) is -0.412. The first-order valence-electron chi connectivity index (χ1n) is 10.4. The molecule has 2 saturated heterocycles. The molecular formula is C19H32N4O6S2. The second-order valence-corrected chi connectivity index (χ2v) is 12.4. The zero-order chi connectivity index (χ0) is 23.3. The van der Waals surface area contributed by atoms with Crippen molar-refractivity contribution in [2.24, 2.45) is 11.8 Å². The minimum atomic E-state index is -3.62. The highest BCUT2D eigenvalue weighted by Crippen LogP contribution is 2.51. The van der Waals surface area contributed by atoms with E-state index < -0.39 is 33.7 Å². The maximum Gasteiger partial charge on any atom is 0.353 e. The van der Waals surface area contributed by atoms with Crippen molar-refractivity contribution in [3.05, 3.63) is 10.6 Å². The SMILES string of the molecule is C[C@@H](O)[C@H]1C(=O)N2C(C(=O)O)=C(S[C@@H]3CN[C@H](CNS(=O)(=O)NC(C)(C)C)C3)[C@H](C)[C@H]12. The molecule has 1 amide bonds. The molecule has 3 aliphatic rings. The van der Waals surface area contributed by atoms with E-state index in [-0.39, 0.29) is 41.4 Å². The predicted octanol–water partition coefficient (Wildman–Crippen LogP) is -0.174. The van der Waals surface area contributed by atoms with Crippen LogP contribution >= 0.6 is 11.8 Å². The van der Waals surface area contributed by atoms with Gasteiger partial charge in [-0.1, -0.05) is 6.92 Å². The molecule has 0 saturated carbocycles. The molecular weight excluding hydrogens is 444 g/mol. The number of carboxylic acid groups (broad SMARTS) is 1. The molecule has 31 heavy (non-hydrogen) atoms. The molecule has 0 radical (unpaired) electrons. The van der Waals surface area contributed by atoms with Crippen LogP contribution in [0.15, 0.2) is 10.6 Å². The number of nitrogens with zero attached hydrogens (tertiary/aromatic N) is 1. The number of nitrogens with one attached hydrogen (secondary N) is 3. The largest absolute Gasteiger partial charge is 0.477 e. The summed E-state index contributed by atoms with van der Waals surface area (Å²) in [5, 5.41) is 23.0. The van der Waals surface area contributed by atoms with Gasteiger partial charge in [-0.25, -0.2) is 9.52 Å². The summed E-state index contributed by atoms with van der Waals surface area (Å²) in [5.41, 5.74) is -0.565. The molecule has 0 aromatic heterocycles. The number of carboxylic acids is 1. The lowest BCUT2D eigenvalue weighted by Gasteiger charge is -2.46. The molecule has 0 unspecified atom stereocenters. The molecule has 3 aliphatic heterocycles. The number of amides is 1. The number of rotatable bonds is 8. The summed E-state index contributed by atoms with van der Waals surface area (Å²) in [6.07, 6.45) is -0.174. The number of carbonyl (C=O) groups excluding carboxylic acids is 1. The van der Waals surface area contributed by atoms with E-state index in [0.717, 1.165) is 0 Å². The minimum absolute atomic E-state index is 0.0166. The van der Waals surface area contributed by atoms with Crippen LogP contribution in [0.5, 0.6) is 0 Å². The van der Waals surface area contributed by atoms with Gasteiger partial charge in [0.25, 0.3) is 10.2 Å². The van der Waals surface area contributed by atoms with Gasteiger partial charge in [-0.3, -0.25) is 4.79 Å². The monoisotopic (exact) mass is 476 g/mol. The Morgan fingerprint density at radius 1 is 1.39 bits per heavy atom. The first-order chi connectivity index (χ1) is 14.2. The second-order valence-electron chi connectivity index (χ2n) is 9.56. The molecule has 3 heterocycles. The van der Waals surface area contributed by atoms with Gasteiger partial charge in [0.05, 0.1) is 18.1 Å². The molecule has 5 N–H and O–H groups in total. The normalized spacial score (nSPS) is 32.3. The van der Waals surface area contributed by atoms with Crippen LogP contribution in [0.25, 0.3) is 0 Å². The van der Waals surface area contributed by atoms with Gasteiger partial charge < -0.3 is 20.4 Å². The first kappa shape index (κ1) is 24.5. The first-order valence-corrected chi connectivity index (χ1v) is 12.8. The average molecular weight is 477 g/mol. The van der Waals surface area contributed by atoms with Crippen LogP contribution in [0, 0.1) is 11.8 Å². The summed E-state index contributed by atoms with van der Waals surface area (Å²) in [6.45, 7) is 9.56. The third-order valence-corrected chi connectivity index (χ3v) is 8.69. The van der Waals surface area contributed by atoms with E-state index in [1.54, 1.807) is 27.7 Å². The zero-order valence-electron chi connectivity index (χ0n) is 18.4. The van der Waals surface area contributed by atoms with E-state index in [9.17, 15) is 28.2 Å². The van der Waals surface area contributed by atoms with Crippen molar-refractivity contribution in [3.8, 4) is 0 Å². The molecule has 12 heteroatoms. The molecule has 6 atom stereocenters. The Hall–Kier alpha value is -1.18. The van der Waals surface area contributed by atoms with Crippen molar-refractivity contribution >= 4 is 33.8 Å². The Morgan fingerprint density at radius 2 is 2.03 bits per heavy atom. The van der Waals surface area contributed by atoms with Crippen molar-refractivity contribution in [1.29, 1.82) is 0 Å². The number of aliphatic hydroxyl groups excluding tert-OH is 1. The summed E-state index contributed by atoms with van der Waals surface area (Å²) in [5.74, 6) is -2.25. The molecule has 0 spiro atoms. The van der Waals surface area contributed by atoms with E-state index in [1.165, 1.54) is 16.7 Å². The van der Waals surface area contributed by atoms with Crippen LogP contribution in [0.1, 0.15) is 41.0 Å². The summed E-state index contributed by atoms with van der Waals surface area (Å²) in [4.78, 5) is 26.3. The number of fused-ring (bicyclic) bond motifs is 1. The third kappa shape index (κ3) is 5.09. The number of β-lactam (4-membered cyclic amide) rings is 1. The molecule has 0 aromatic carbocycles. The predicted molar refractivity (Wildman–Crippen MR) is 117 cm³/mol. The topological polar surface area (TPSA) is 148 Å². The lowest BCUT2D eigenvalue weighted by Crippen LogP contribution is -2.63. The van der Waals surface area contributed by atoms with Crippen LogP contribution in [0.2, 0.25) is 0 Å². The number of aliphatic hydroxyl groups is 1. The number of aliphatic carboxylic acids is 1. The Bertz CT molecular complexity index is 882. The maximum atomic E-state index is 12.4. The van der Waals surface area contributed by atoms with Gasteiger partial charge in [0, 0.05) is 40.7 Å². The molecule has 0 aliphatic carbocycles. The van der Waals surface area contributed by atoms with E-state index in [4.69, 9.17) is 0 Å². The molecule has 0 bridgehead atoms. The van der Waals surface area contributed by atoms with Gasteiger partial charge in [-0.05, 0) is 34.1 Å². The van der Waals surface area contributed by atoms with Crippen LogP contribution in [-0.2, 0) is 19.8 Å². The van der Waals surface area contributed by atoms with E-state index >= 15 is 0 Å². The van der Waals surface area contributed by atoms with Crippen molar-refractivity contribution in [2.45, 2.75) is 70.0 Å². The lowest BCUT2D eigenvalue weighted by atomic mass is 9.79. The third-order valence-electron chi connectivity index (χ3n) is 5.75. The highest BCUT2D eigenvalue weighted by Gasteiger charge is 2.60. The minimum Gasteiger partial charge on any atom is -0.477 e. The molecule has 10 nitrogen and oxygen atoms in total. The zero-order valence-corrected chi connectivity index (χ0v) is 20.0. The lowest BCUT2D eigenvalue weighted by molar-refractivity contribution is -0.163. The van der Waals surface area contributed by atoms with E-state index in [0.29, 0.717) is 17.9 Å². The number of carbonyl (C=O) groups is 2. The highest BCUT2D eigenvalue weighted by molar-refractivity contribution is 8.03. The summed E-state index contributed by atoms with van der Waals surface area (Å²) in [7, 11) is -3.62. The Morgan fingerprint density at radius 3 is 2.58 bits per heavy atom. The fraction of sp³-hybridized carbons (Fsp3) is 0.789. The van der Waals surface area contributed by atoms with Gasteiger partial charge in [0.2, 0.25) is 5.91 Å². The number of hydrogen-bond donors (Lipinski definition) is 5. The van der Waals surface area contributed by atoms with Gasteiger partial charge in [0.1, 0.15) is 5.70 Å². The van der Waals surface area contributed by atoms with Crippen LogP contribution in [0.3, 0.4) is 0 Å². The molecule has 2 fully saturated rings. The quantitative estimate of drug-likeness (QED) is 0.303. The van der Waals surface area contributed by atoms with Crippen molar-refractivity contribution < 1.29 is 28.2 Å². The van der Waals surface area contributed by atoms with E-state index in [2.05, 4.69) is 14.8 Å². The summed E-state index contributed by atoms with van der Waals surface area (Å²) >= 11 is 1.44. The molecule has 176 valence electrons. The van der Waals surface area contributed by atoms with Crippen molar-refractivity contribution in [3.63, 3.8) is 0 Å². The number of hydrogen-bond acceptors (Lipinski definition) is 7. The smallest absolute Gasteiger partial charge is 0.353 e. The van der Waals surface area contributed by atoms with Gasteiger partial charge >= 0.3 is 5.97 Å². The fourth-order valence-electron chi connectivity index (χ4n) is 4.54. The average Bonchev–Trinajstić information content (AvgIpc) is 3.13.